The van der Waals surface area contributed by atoms with Gasteiger partial charge in [-0.15, -0.1) is 0 Å². The number of fused-ring (bicyclic) bond motifs is 1. The molecule has 2 N–H and O–H groups in total. The first-order valence-corrected chi connectivity index (χ1v) is 7.36. The summed E-state index contributed by atoms with van der Waals surface area (Å²) in [6.45, 7) is 5.29. The summed E-state index contributed by atoms with van der Waals surface area (Å²) in [5.41, 5.74) is -0.513. The average Bonchev–Trinajstić information content (AvgIpc) is 2.43. The van der Waals surface area contributed by atoms with E-state index < -0.39 is 11.4 Å². The van der Waals surface area contributed by atoms with Crippen LogP contribution in [-0.2, 0) is 4.79 Å². The number of rotatable bonds is 3. The molecular weight excluding hydrogens is 320 g/mol. The lowest BCUT2D eigenvalue weighted by atomic mass is 10.1. The molecule has 0 saturated heterocycles. The third kappa shape index (κ3) is 4.56. The van der Waals surface area contributed by atoms with Crippen molar-refractivity contribution in [3.63, 3.8) is 0 Å². The van der Waals surface area contributed by atoms with Crippen LogP contribution in [0.5, 0.6) is 0 Å². The maximum atomic E-state index is 12.0. The van der Waals surface area contributed by atoms with Crippen LogP contribution in [0, 0.1) is 0 Å². The Labute approximate surface area is 137 Å². The summed E-state index contributed by atoms with van der Waals surface area (Å²) in [4.78, 5) is 35.7. The van der Waals surface area contributed by atoms with Gasteiger partial charge >= 0.3 is 0 Å². The van der Waals surface area contributed by atoms with Gasteiger partial charge < -0.3 is 15.1 Å². The Balaban J connectivity index is 2.14. The zero-order chi connectivity index (χ0) is 17.2. The van der Waals surface area contributed by atoms with Crippen molar-refractivity contribution in [3.8, 4) is 0 Å². The normalized spacial score (nSPS) is 11.3. The van der Waals surface area contributed by atoms with Crippen LogP contribution in [0.3, 0.4) is 0 Å². The molecule has 6 nitrogen and oxygen atoms in total. The zero-order valence-corrected chi connectivity index (χ0v) is 13.8. The molecule has 23 heavy (non-hydrogen) atoms. The van der Waals surface area contributed by atoms with Crippen molar-refractivity contribution in [3.05, 3.63) is 45.3 Å². The molecule has 7 heteroatoms. The van der Waals surface area contributed by atoms with Crippen LogP contribution in [0.4, 0.5) is 0 Å². The van der Waals surface area contributed by atoms with Gasteiger partial charge in [0.2, 0.25) is 5.91 Å². The van der Waals surface area contributed by atoms with Crippen LogP contribution in [0.1, 0.15) is 31.3 Å². The summed E-state index contributed by atoms with van der Waals surface area (Å²) in [5, 5.41) is 5.82. The predicted octanol–water partition coefficient (Wildman–Crippen LogP) is 2.09. The van der Waals surface area contributed by atoms with E-state index in [0.717, 1.165) is 6.07 Å². The highest BCUT2D eigenvalue weighted by Gasteiger charge is 2.16. The van der Waals surface area contributed by atoms with E-state index in [9.17, 15) is 14.4 Å². The van der Waals surface area contributed by atoms with Gasteiger partial charge in [-0.1, -0.05) is 11.6 Å². The molecule has 0 atom stereocenters. The predicted molar refractivity (Wildman–Crippen MR) is 87.7 cm³/mol. The van der Waals surface area contributed by atoms with Crippen molar-refractivity contribution in [1.82, 2.24) is 10.6 Å². The lowest BCUT2D eigenvalue weighted by Crippen LogP contribution is -2.45. The van der Waals surface area contributed by atoms with Gasteiger partial charge in [-0.25, -0.2) is 0 Å². The minimum absolute atomic E-state index is 0.159. The number of carbonyl (C=O) groups excluding carboxylic acids is 2. The second kappa shape index (κ2) is 6.42. The Kier molecular flexibility index (Phi) is 4.75. The van der Waals surface area contributed by atoms with Crippen LogP contribution < -0.4 is 16.1 Å². The Morgan fingerprint density at radius 2 is 1.91 bits per heavy atom. The maximum absolute atomic E-state index is 12.0. The molecule has 0 aliphatic carbocycles. The highest BCUT2D eigenvalue weighted by molar-refractivity contribution is 6.31. The van der Waals surface area contributed by atoms with Crippen LogP contribution >= 0.6 is 11.6 Å². The monoisotopic (exact) mass is 336 g/mol. The minimum atomic E-state index is -0.636. The van der Waals surface area contributed by atoms with Crippen LogP contribution in [0.25, 0.3) is 11.0 Å². The van der Waals surface area contributed by atoms with Gasteiger partial charge in [0.15, 0.2) is 11.2 Å². The molecule has 0 unspecified atom stereocenters. The number of carbonyl (C=O) groups is 2. The third-order valence-electron chi connectivity index (χ3n) is 2.84. The van der Waals surface area contributed by atoms with Gasteiger partial charge in [0.25, 0.3) is 5.91 Å². The van der Waals surface area contributed by atoms with Crippen molar-refractivity contribution in [2.24, 2.45) is 0 Å². The molecule has 0 radical (unpaired) electrons. The Morgan fingerprint density at radius 3 is 2.57 bits per heavy atom. The van der Waals surface area contributed by atoms with E-state index >= 15 is 0 Å². The number of hydrogen-bond donors (Lipinski definition) is 2. The lowest BCUT2D eigenvalue weighted by molar-refractivity contribution is -0.121. The largest absolute Gasteiger partial charge is 0.451 e. The minimum Gasteiger partial charge on any atom is -0.451 e. The average molecular weight is 337 g/mol. The van der Waals surface area contributed by atoms with Gasteiger partial charge in [-0.05, 0) is 39.0 Å². The van der Waals surface area contributed by atoms with Gasteiger partial charge in [0, 0.05) is 16.6 Å². The molecule has 0 fully saturated rings. The molecule has 0 aliphatic heterocycles. The van der Waals surface area contributed by atoms with E-state index in [2.05, 4.69) is 10.6 Å². The first-order chi connectivity index (χ1) is 10.7. The molecule has 1 heterocycles. The highest BCUT2D eigenvalue weighted by Crippen LogP contribution is 2.17. The summed E-state index contributed by atoms with van der Waals surface area (Å²) >= 11 is 5.83. The van der Waals surface area contributed by atoms with Crippen molar-refractivity contribution < 1.29 is 14.0 Å². The smallest absolute Gasteiger partial charge is 0.287 e. The Morgan fingerprint density at radius 1 is 1.22 bits per heavy atom. The lowest BCUT2D eigenvalue weighted by Gasteiger charge is -2.20. The second-order valence-corrected chi connectivity index (χ2v) is 6.53. The third-order valence-corrected chi connectivity index (χ3v) is 3.07. The Hall–Kier alpha value is -2.34. The topological polar surface area (TPSA) is 88.4 Å². The molecule has 2 rings (SSSR count). The van der Waals surface area contributed by atoms with Gasteiger partial charge in [0.1, 0.15) is 5.58 Å². The molecular formula is C16H17ClN2O4. The van der Waals surface area contributed by atoms with Gasteiger partial charge in [0.05, 0.1) is 11.9 Å². The summed E-state index contributed by atoms with van der Waals surface area (Å²) in [7, 11) is 0. The Bertz CT molecular complexity index is 821. The number of benzene rings is 1. The highest BCUT2D eigenvalue weighted by atomic mass is 35.5. The van der Waals surface area contributed by atoms with Crippen LogP contribution in [-0.4, -0.2) is 23.9 Å². The summed E-state index contributed by atoms with van der Waals surface area (Å²) in [6, 6.07) is 5.63. The standard InChI is InChI=1S/C16H17ClN2O4/c1-16(2,3)19-14(21)8-18-15(22)13-7-11(20)10-6-9(17)4-5-12(10)23-13/h4-7H,8H2,1-3H3,(H,18,22)(H,19,21). The molecule has 0 bridgehead atoms. The molecule has 2 aromatic rings. The van der Waals surface area contributed by atoms with Gasteiger partial charge in [-0.3, -0.25) is 14.4 Å². The number of halogens is 1. The summed E-state index contributed by atoms with van der Waals surface area (Å²) in [6.07, 6.45) is 0. The fraction of sp³-hybridized carbons (Fsp3) is 0.312. The van der Waals surface area contributed by atoms with Crippen LogP contribution in [0.15, 0.2) is 33.5 Å². The van der Waals surface area contributed by atoms with E-state index in [1.165, 1.54) is 12.1 Å². The van der Waals surface area contributed by atoms with Crippen molar-refractivity contribution >= 4 is 34.4 Å². The van der Waals surface area contributed by atoms with E-state index in [0.29, 0.717) is 10.4 Å². The second-order valence-electron chi connectivity index (χ2n) is 6.10. The number of hydrogen-bond acceptors (Lipinski definition) is 4. The molecule has 0 aliphatic rings. The summed E-state index contributed by atoms with van der Waals surface area (Å²) < 4.78 is 5.39. The van der Waals surface area contributed by atoms with Crippen molar-refractivity contribution in [2.75, 3.05) is 6.54 Å². The fourth-order valence-electron chi connectivity index (χ4n) is 1.95. The molecule has 2 amide bonds. The van der Waals surface area contributed by atoms with E-state index in [4.69, 9.17) is 16.0 Å². The van der Waals surface area contributed by atoms with Crippen LogP contribution in [0.2, 0.25) is 5.02 Å². The molecule has 1 aromatic heterocycles. The SMILES string of the molecule is CC(C)(C)NC(=O)CNC(=O)c1cc(=O)c2cc(Cl)ccc2o1. The van der Waals surface area contributed by atoms with E-state index in [1.54, 1.807) is 6.07 Å². The fourth-order valence-corrected chi connectivity index (χ4v) is 2.12. The van der Waals surface area contributed by atoms with E-state index in [-0.39, 0.29) is 29.2 Å². The quantitative estimate of drug-likeness (QED) is 0.898. The first kappa shape index (κ1) is 17.0. The summed E-state index contributed by atoms with van der Waals surface area (Å²) in [5.74, 6) is -1.13. The maximum Gasteiger partial charge on any atom is 0.287 e. The molecule has 1 aromatic carbocycles. The number of amides is 2. The first-order valence-electron chi connectivity index (χ1n) is 6.98. The molecule has 0 saturated carbocycles. The van der Waals surface area contributed by atoms with Crippen molar-refractivity contribution in [1.29, 1.82) is 0 Å². The molecule has 122 valence electrons. The zero-order valence-electron chi connectivity index (χ0n) is 13.0. The number of nitrogens with one attached hydrogen (secondary N) is 2. The van der Waals surface area contributed by atoms with Gasteiger partial charge in [-0.2, -0.15) is 0 Å². The molecule has 0 spiro atoms. The van der Waals surface area contributed by atoms with Crippen molar-refractivity contribution in [2.45, 2.75) is 26.3 Å². The van der Waals surface area contributed by atoms with E-state index in [1.807, 2.05) is 20.8 Å².